The fraction of sp³-hybridized carbons (Fsp3) is 0.960. The number of fused-ring (bicyclic) bond motifs is 5. The molecule has 0 amide bonds. The molecule has 0 aromatic rings. The van der Waals surface area contributed by atoms with E-state index in [1.54, 1.807) is 0 Å². The monoisotopic (exact) mass is 403 g/mol. The van der Waals surface area contributed by atoms with Gasteiger partial charge in [-0.1, -0.05) is 6.92 Å². The van der Waals surface area contributed by atoms with Crippen LogP contribution in [0.25, 0.3) is 0 Å². The maximum Gasteiger partial charge on any atom is 0.150 e. The first-order chi connectivity index (χ1) is 13.9. The van der Waals surface area contributed by atoms with E-state index in [0.29, 0.717) is 12.3 Å². The molecule has 4 heteroatoms. The van der Waals surface area contributed by atoms with Gasteiger partial charge < -0.3 is 9.84 Å². The molecule has 1 heterocycles. The molecule has 3 unspecified atom stereocenters. The van der Waals surface area contributed by atoms with Crippen LogP contribution in [-0.4, -0.2) is 54.2 Å². The second-order valence-corrected chi connectivity index (χ2v) is 11.7. The van der Waals surface area contributed by atoms with Gasteiger partial charge in [-0.3, -0.25) is 9.69 Å². The van der Waals surface area contributed by atoms with Gasteiger partial charge in [0, 0.05) is 19.0 Å². The first-order valence-corrected chi connectivity index (χ1v) is 12.4. The van der Waals surface area contributed by atoms with E-state index in [-0.39, 0.29) is 11.3 Å². The number of carbonyl (C=O) groups is 1. The Bertz CT molecular complexity index is 628. The Morgan fingerprint density at radius 2 is 1.72 bits per heavy atom. The van der Waals surface area contributed by atoms with Gasteiger partial charge >= 0.3 is 0 Å². The molecule has 4 saturated carbocycles. The summed E-state index contributed by atoms with van der Waals surface area (Å²) in [5.74, 6) is 4.81. The van der Waals surface area contributed by atoms with Crippen LogP contribution in [0.5, 0.6) is 0 Å². The molecular formula is C25H41NO3. The fourth-order valence-corrected chi connectivity index (χ4v) is 8.70. The lowest BCUT2D eigenvalue weighted by atomic mass is 9.49. The van der Waals surface area contributed by atoms with Gasteiger partial charge in [0.05, 0.1) is 25.4 Å². The number of rotatable bonds is 3. The number of carbonyl (C=O) groups excluding carboxylic acids is 1. The highest BCUT2D eigenvalue weighted by atomic mass is 16.5. The van der Waals surface area contributed by atoms with Crippen molar-refractivity contribution in [3.05, 3.63) is 0 Å². The number of aliphatic hydroxyl groups is 1. The second kappa shape index (κ2) is 7.60. The van der Waals surface area contributed by atoms with E-state index in [9.17, 15) is 9.90 Å². The van der Waals surface area contributed by atoms with Gasteiger partial charge in [-0.15, -0.1) is 0 Å². The molecule has 0 bridgehead atoms. The molecule has 164 valence electrons. The van der Waals surface area contributed by atoms with Crippen molar-refractivity contribution >= 4 is 5.78 Å². The smallest absolute Gasteiger partial charge is 0.150 e. The van der Waals surface area contributed by atoms with Crippen molar-refractivity contribution < 1.29 is 14.6 Å². The van der Waals surface area contributed by atoms with Gasteiger partial charge in [0.25, 0.3) is 0 Å². The molecule has 8 atom stereocenters. The van der Waals surface area contributed by atoms with Crippen LogP contribution < -0.4 is 0 Å². The second-order valence-electron chi connectivity index (χ2n) is 11.7. The van der Waals surface area contributed by atoms with Crippen LogP contribution in [0.1, 0.15) is 71.6 Å². The topological polar surface area (TPSA) is 49.8 Å². The van der Waals surface area contributed by atoms with E-state index < -0.39 is 5.60 Å². The highest BCUT2D eigenvalue weighted by Gasteiger charge is 2.58. The Hall–Kier alpha value is -0.450. The molecule has 1 aliphatic heterocycles. The lowest BCUT2D eigenvalue weighted by Crippen LogP contribution is -2.51. The molecule has 5 fully saturated rings. The summed E-state index contributed by atoms with van der Waals surface area (Å²) in [5.41, 5.74) is -0.195. The summed E-state index contributed by atoms with van der Waals surface area (Å²) in [6.07, 6.45) is 10.8. The van der Waals surface area contributed by atoms with Gasteiger partial charge in [-0.25, -0.2) is 0 Å². The number of ketones is 1. The summed E-state index contributed by atoms with van der Waals surface area (Å²) in [4.78, 5) is 15.6. The molecule has 4 aliphatic carbocycles. The van der Waals surface area contributed by atoms with Crippen LogP contribution in [0.2, 0.25) is 0 Å². The standard InChI is InChI=1S/C25H41NO3/c1-24(28)9-7-18-17(15-24)3-4-20-19(18)8-10-25(2)21(20)5-6-22(25)23(27)16-26-11-13-29-14-12-26/h17-22,28H,3-16H2,1-2H3/t17?,18?,19-,20?,21+,22-,24-,25+/m1/s1. The van der Waals surface area contributed by atoms with Crippen LogP contribution in [0, 0.1) is 40.9 Å². The van der Waals surface area contributed by atoms with Crippen molar-refractivity contribution in [3.63, 3.8) is 0 Å². The molecule has 29 heavy (non-hydrogen) atoms. The molecule has 5 aliphatic rings. The highest BCUT2D eigenvalue weighted by Crippen LogP contribution is 2.64. The van der Waals surface area contributed by atoms with Crippen molar-refractivity contribution in [3.8, 4) is 0 Å². The predicted octanol–water partition coefficient (Wildman–Crippen LogP) is 3.91. The first-order valence-electron chi connectivity index (χ1n) is 12.4. The van der Waals surface area contributed by atoms with Crippen LogP contribution in [-0.2, 0) is 9.53 Å². The van der Waals surface area contributed by atoms with Gasteiger partial charge in [-0.05, 0) is 99.7 Å². The molecule has 1 N–H and O–H groups in total. The summed E-state index contributed by atoms with van der Waals surface area (Å²) in [7, 11) is 0. The molecular weight excluding hydrogens is 362 g/mol. The van der Waals surface area contributed by atoms with Crippen molar-refractivity contribution in [2.75, 3.05) is 32.8 Å². The number of nitrogens with zero attached hydrogens (tertiary/aromatic N) is 1. The minimum absolute atomic E-state index is 0.234. The average molecular weight is 404 g/mol. The van der Waals surface area contributed by atoms with Crippen LogP contribution in [0.4, 0.5) is 0 Å². The minimum Gasteiger partial charge on any atom is -0.390 e. The van der Waals surface area contributed by atoms with E-state index in [0.717, 1.165) is 75.2 Å². The van der Waals surface area contributed by atoms with Crippen molar-refractivity contribution in [1.82, 2.24) is 4.90 Å². The normalized spacial score (nSPS) is 50.4. The number of hydrogen-bond acceptors (Lipinski definition) is 4. The van der Waals surface area contributed by atoms with Gasteiger partial charge in [0.15, 0.2) is 0 Å². The van der Waals surface area contributed by atoms with Gasteiger partial charge in [0.1, 0.15) is 5.78 Å². The SMILES string of the molecule is C[C@@]1(O)CCC2C(CCC3[C@@H]2CC[C@]2(C)[C@@H](C(=O)CN4CCOCC4)CC[C@@H]32)C1. The number of ether oxygens (including phenoxy) is 1. The third-order valence-corrected chi connectivity index (χ3v) is 10.1. The summed E-state index contributed by atoms with van der Waals surface area (Å²) < 4.78 is 5.46. The Labute approximate surface area is 176 Å². The largest absolute Gasteiger partial charge is 0.390 e. The molecule has 0 aromatic carbocycles. The highest BCUT2D eigenvalue weighted by molar-refractivity contribution is 5.84. The number of hydrogen-bond donors (Lipinski definition) is 1. The lowest BCUT2D eigenvalue weighted by molar-refractivity contribution is -0.134. The molecule has 5 rings (SSSR count). The van der Waals surface area contributed by atoms with E-state index in [4.69, 9.17) is 4.74 Å². The Morgan fingerprint density at radius 3 is 2.52 bits per heavy atom. The third-order valence-electron chi connectivity index (χ3n) is 10.1. The molecule has 0 spiro atoms. The van der Waals surface area contributed by atoms with Crippen molar-refractivity contribution in [1.29, 1.82) is 0 Å². The molecule has 4 nitrogen and oxygen atoms in total. The van der Waals surface area contributed by atoms with Gasteiger partial charge in [-0.2, -0.15) is 0 Å². The van der Waals surface area contributed by atoms with E-state index in [1.807, 2.05) is 0 Å². The zero-order chi connectivity index (χ0) is 20.2. The van der Waals surface area contributed by atoms with Crippen molar-refractivity contribution in [2.45, 2.75) is 77.2 Å². The van der Waals surface area contributed by atoms with E-state index >= 15 is 0 Å². The number of morpholine rings is 1. The van der Waals surface area contributed by atoms with E-state index in [2.05, 4.69) is 18.7 Å². The zero-order valence-corrected chi connectivity index (χ0v) is 18.6. The molecule has 0 radical (unpaired) electrons. The van der Waals surface area contributed by atoms with Crippen LogP contribution in [0.15, 0.2) is 0 Å². The summed E-state index contributed by atoms with van der Waals surface area (Å²) >= 11 is 0. The van der Waals surface area contributed by atoms with E-state index in [1.165, 1.54) is 38.5 Å². The number of Topliss-reactive ketones (excluding diaryl/α,β-unsaturated/α-hetero) is 1. The Morgan fingerprint density at radius 1 is 0.966 bits per heavy atom. The lowest BCUT2D eigenvalue weighted by Gasteiger charge is -2.57. The zero-order valence-electron chi connectivity index (χ0n) is 18.6. The summed E-state index contributed by atoms with van der Waals surface area (Å²) in [6, 6.07) is 0. The van der Waals surface area contributed by atoms with Crippen LogP contribution in [0.3, 0.4) is 0 Å². The quantitative estimate of drug-likeness (QED) is 0.776. The maximum absolute atomic E-state index is 13.3. The first kappa shape index (κ1) is 20.5. The summed E-state index contributed by atoms with van der Waals surface area (Å²) in [5, 5.41) is 10.6. The van der Waals surface area contributed by atoms with Crippen LogP contribution >= 0.6 is 0 Å². The Balaban J connectivity index is 1.28. The minimum atomic E-state index is -0.429. The van der Waals surface area contributed by atoms with Gasteiger partial charge in [0.2, 0.25) is 0 Å². The average Bonchev–Trinajstić information content (AvgIpc) is 3.05. The Kier molecular flexibility index (Phi) is 5.36. The molecule has 0 aromatic heterocycles. The maximum atomic E-state index is 13.3. The fourth-order valence-electron chi connectivity index (χ4n) is 8.70. The molecule has 1 saturated heterocycles. The van der Waals surface area contributed by atoms with Crippen molar-refractivity contribution in [2.24, 2.45) is 40.9 Å². The third kappa shape index (κ3) is 3.61. The predicted molar refractivity (Wildman–Crippen MR) is 113 cm³/mol. The summed E-state index contributed by atoms with van der Waals surface area (Å²) in [6.45, 7) is 8.54.